The summed E-state index contributed by atoms with van der Waals surface area (Å²) in [6, 6.07) is 8.38. The van der Waals surface area contributed by atoms with Crippen LogP contribution in [0.2, 0.25) is 0 Å². The Morgan fingerprint density at radius 2 is 2.10 bits per heavy atom. The number of aromatic carboxylic acids is 1. The number of hydrogen-bond acceptors (Lipinski definition) is 4. The van der Waals surface area contributed by atoms with Crippen LogP contribution in [0.15, 0.2) is 36.5 Å². The maximum atomic E-state index is 12.2. The predicted octanol–water partition coefficient (Wildman–Crippen LogP) is 2.00. The number of carboxylic acids is 1. The Labute approximate surface area is 120 Å². The Hall–Kier alpha value is -2.89. The summed E-state index contributed by atoms with van der Waals surface area (Å²) in [6.45, 7) is 0.890. The lowest BCUT2D eigenvalue weighted by Crippen LogP contribution is -2.12. The summed E-state index contributed by atoms with van der Waals surface area (Å²) in [7, 11) is 0. The van der Waals surface area contributed by atoms with Crippen LogP contribution in [0.3, 0.4) is 0 Å². The molecule has 1 aliphatic rings. The lowest BCUT2D eigenvalue weighted by molar-refractivity contribution is 0.0690. The van der Waals surface area contributed by atoms with E-state index in [0.717, 1.165) is 24.2 Å². The first-order valence-electron chi connectivity index (χ1n) is 6.51. The molecule has 0 saturated heterocycles. The number of pyridine rings is 1. The fraction of sp³-hybridized carbons (Fsp3) is 0.133. The Balaban J connectivity index is 1.75. The number of nitrogens with zero attached hydrogens (tertiary/aromatic N) is 1. The van der Waals surface area contributed by atoms with Crippen molar-refractivity contribution in [1.82, 2.24) is 4.98 Å². The average molecular weight is 283 g/mol. The minimum atomic E-state index is -1.10. The number of carboxylic acid groups (broad SMARTS) is 1. The maximum Gasteiger partial charge on any atom is 0.354 e. The predicted molar refractivity (Wildman–Crippen MR) is 77.8 cm³/mol. The third kappa shape index (κ3) is 2.69. The van der Waals surface area contributed by atoms with Gasteiger partial charge in [0.05, 0.1) is 11.9 Å². The summed E-state index contributed by atoms with van der Waals surface area (Å²) in [5, 5.41) is 14.7. The van der Waals surface area contributed by atoms with Crippen molar-refractivity contribution in [3.05, 3.63) is 53.3 Å². The van der Waals surface area contributed by atoms with Crippen LogP contribution in [0.4, 0.5) is 11.4 Å². The Morgan fingerprint density at radius 3 is 2.81 bits per heavy atom. The number of amides is 1. The highest BCUT2D eigenvalue weighted by Gasteiger charge is 2.14. The molecule has 0 fully saturated rings. The van der Waals surface area contributed by atoms with Crippen molar-refractivity contribution < 1.29 is 14.7 Å². The molecule has 0 unspecified atom stereocenters. The quantitative estimate of drug-likeness (QED) is 0.801. The molecule has 0 spiro atoms. The Bertz CT molecular complexity index is 711. The average Bonchev–Trinajstić information content (AvgIpc) is 2.95. The standard InChI is InChI=1S/C15H13N3O3/c19-14(10-1-3-12-9(7-10)5-6-16-12)18-11-2-4-13(15(20)21)17-8-11/h1-4,7-8,16H,5-6H2,(H,18,19)(H,20,21). The van der Waals surface area contributed by atoms with Crippen molar-refractivity contribution in [2.24, 2.45) is 0 Å². The summed E-state index contributed by atoms with van der Waals surface area (Å²) in [5.74, 6) is -1.34. The molecule has 6 heteroatoms. The van der Waals surface area contributed by atoms with E-state index in [2.05, 4.69) is 15.6 Å². The highest BCUT2D eigenvalue weighted by Crippen LogP contribution is 2.23. The fourth-order valence-corrected chi connectivity index (χ4v) is 2.24. The van der Waals surface area contributed by atoms with Crippen molar-refractivity contribution in [2.75, 3.05) is 17.2 Å². The molecule has 3 rings (SSSR count). The monoisotopic (exact) mass is 283 g/mol. The second-order valence-electron chi connectivity index (χ2n) is 4.74. The van der Waals surface area contributed by atoms with E-state index in [1.54, 1.807) is 6.07 Å². The largest absolute Gasteiger partial charge is 0.477 e. The molecule has 106 valence electrons. The molecule has 1 aliphatic heterocycles. The lowest BCUT2D eigenvalue weighted by atomic mass is 10.1. The maximum absolute atomic E-state index is 12.2. The van der Waals surface area contributed by atoms with Gasteiger partial charge in [0.15, 0.2) is 0 Å². The van der Waals surface area contributed by atoms with Gasteiger partial charge >= 0.3 is 5.97 Å². The molecular weight excluding hydrogens is 270 g/mol. The number of rotatable bonds is 3. The van der Waals surface area contributed by atoms with Gasteiger partial charge in [-0.3, -0.25) is 4.79 Å². The van der Waals surface area contributed by atoms with Crippen molar-refractivity contribution in [1.29, 1.82) is 0 Å². The van der Waals surface area contributed by atoms with E-state index < -0.39 is 5.97 Å². The number of anilines is 2. The second-order valence-corrected chi connectivity index (χ2v) is 4.74. The number of benzene rings is 1. The van der Waals surface area contributed by atoms with Crippen LogP contribution in [-0.2, 0) is 6.42 Å². The molecule has 0 radical (unpaired) electrons. The van der Waals surface area contributed by atoms with E-state index in [1.807, 2.05) is 12.1 Å². The van der Waals surface area contributed by atoms with Crippen LogP contribution in [-0.4, -0.2) is 28.5 Å². The van der Waals surface area contributed by atoms with Gasteiger partial charge in [-0.2, -0.15) is 0 Å². The second kappa shape index (κ2) is 5.24. The van der Waals surface area contributed by atoms with Crippen LogP contribution < -0.4 is 10.6 Å². The highest BCUT2D eigenvalue weighted by atomic mass is 16.4. The molecule has 0 aliphatic carbocycles. The topological polar surface area (TPSA) is 91.3 Å². The van der Waals surface area contributed by atoms with Crippen molar-refractivity contribution in [3.63, 3.8) is 0 Å². The number of carbonyl (C=O) groups excluding carboxylic acids is 1. The molecule has 6 nitrogen and oxygen atoms in total. The minimum Gasteiger partial charge on any atom is -0.477 e. The summed E-state index contributed by atoms with van der Waals surface area (Å²) >= 11 is 0. The SMILES string of the molecule is O=C(Nc1ccc(C(=O)O)nc1)c1ccc2c(c1)CCN2. The van der Waals surface area contributed by atoms with E-state index in [-0.39, 0.29) is 11.6 Å². The number of aromatic nitrogens is 1. The molecule has 1 aromatic carbocycles. The van der Waals surface area contributed by atoms with Crippen molar-refractivity contribution >= 4 is 23.3 Å². The molecule has 21 heavy (non-hydrogen) atoms. The third-order valence-electron chi connectivity index (χ3n) is 3.32. The summed E-state index contributed by atoms with van der Waals surface area (Å²) < 4.78 is 0. The van der Waals surface area contributed by atoms with E-state index in [4.69, 9.17) is 5.11 Å². The van der Waals surface area contributed by atoms with E-state index in [1.165, 1.54) is 18.3 Å². The molecule has 1 amide bonds. The van der Waals surface area contributed by atoms with E-state index in [0.29, 0.717) is 11.3 Å². The zero-order chi connectivity index (χ0) is 14.8. The smallest absolute Gasteiger partial charge is 0.354 e. The van der Waals surface area contributed by atoms with E-state index in [9.17, 15) is 9.59 Å². The first-order chi connectivity index (χ1) is 10.1. The van der Waals surface area contributed by atoms with Gasteiger partial charge in [-0.1, -0.05) is 0 Å². The van der Waals surface area contributed by atoms with Gasteiger partial charge in [-0.25, -0.2) is 9.78 Å². The van der Waals surface area contributed by atoms with Gasteiger partial charge in [0.25, 0.3) is 5.91 Å². The van der Waals surface area contributed by atoms with Gasteiger partial charge in [0.2, 0.25) is 0 Å². The zero-order valence-corrected chi connectivity index (χ0v) is 11.1. The molecule has 0 atom stereocenters. The van der Waals surface area contributed by atoms with Crippen LogP contribution >= 0.6 is 0 Å². The van der Waals surface area contributed by atoms with Crippen molar-refractivity contribution in [2.45, 2.75) is 6.42 Å². The van der Waals surface area contributed by atoms with Crippen LogP contribution in [0.1, 0.15) is 26.4 Å². The van der Waals surface area contributed by atoms with Gasteiger partial charge < -0.3 is 15.7 Å². The minimum absolute atomic E-state index is 0.0587. The molecule has 2 heterocycles. The highest BCUT2D eigenvalue weighted by molar-refractivity contribution is 6.04. The number of carbonyl (C=O) groups is 2. The first-order valence-corrected chi connectivity index (χ1v) is 6.51. The molecule has 0 bridgehead atoms. The molecule has 0 saturated carbocycles. The molecule has 2 aromatic rings. The summed E-state index contributed by atoms with van der Waals surface area (Å²) in [4.78, 5) is 26.6. The summed E-state index contributed by atoms with van der Waals surface area (Å²) in [5.41, 5.74) is 3.17. The van der Waals surface area contributed by atoms with Crippen LogP contribution in [0.5, 0.6) is 0 Å². The van der Waals surface area contributed by atoms with Gasteiger partial charge in [-0.05, 0) is 42.3 Å². The Morgan fingerprint density at radius 1 is 1.24 bits per heavy atom. The first kappa shape index (κ1) is 13.1. The normalized spacial score (nSPS) is 12.4. The van der Waals surface area contributed by atoms with Crippen molar-refractivity contribution in [3.8, 4) is 0 Å². The van der Waals surface area contributed by atoms with E-state index >= 15 is 0 Å². The Kier molecular flexibility index (Phi) is 3.27. The van der Waals surface area contributed by atoms with Crippen LogP contribution in [0.25, 0.3) is 0 Å². The number of hydrogen-bond donors (Lipinski definition) is 3. The number of fused-ring (bicyclic) bond motifs is 1. The van der Waals surface area contributed by atoms with Gasteiger partial charge in [0, 0.05) is 17.8 Å². The van der Waals surface area contributed by atoms with Gasteiger partial charge in [-0.15, -0.1) is 0 Å². The lowest BCUT2D eigenvalue weighted by Gasteiger charge is -2.07. The molecular formula is C15H13N3O3. The van der Waals surface area contributed by atoms with Gasteiger partial charge in [0.1, 0.15) is 5.69 Å². The molecule has 1 aromatic heterocycles. The number of nitrogens with one attached hydrogen (secondary N) is 2. The summed E-state index contributed by atoms with van der Waals surface area (Å²) in [6.07, 6.45) is 2.24. The molecule has 3 N–H and O–H groups in total. The van der Waals surface area contributed by atoms with Crippen LogP contribution in [0, 0.1) is 0 Å². The third-order valence-corrected chi connectivity index (χ3v) is 3.32. The fourth-order valence-electron chi connectivity index (χ4n) is 2.24. The zero-order valence-electron chi connectivity index (χ0n) is 11.1.